The number of nitrogens with zero attached hydrogens (tertiary/aromatic N) is 1. The van der Waals surface area contributed by atoms with Crippen LogP contribution in [0.4, 0.5) is 0 Å². The van der Waals surface area contributed by atoms with E-state index in [1.165, 1.54) is 0 Å². The standard InChI is InChI=1S/C9H8N2O2S/c1-5-2-3-6(7(12)4-5)8-10-11-9(14)13-8/h2-4,12H,1H3,(H,11,14). The van der Waals surface area contributed by atoms with Crippen LogP contribution in [0.15, 0.2) is 22.6 Å². The van der Waals surface area contributed by atoms with Crippen molar-refractivity contribution in [3.05, 3.63) is 28.6 Å². The normalized spacial score (nSPS) is 10.4. The highest BCUT2D eigenvalue weighted by Gasteiger charge is 2.08. The average Bonchev–Trinajstić information content (AvgIpc) is 2.51. The van der Waals surface area contributed by atoms with Crippen molar-refractivity contribution in [2.75, 3.05) is 0 Å². The minimum absolute atomic E-state index is 0.134. The zero-order valence-electron chi connectivity index (χ0n) is 7.44. The molecule has 1 heterocycles. The Balaban J connectivity index is 2.57. The molecule has 0 aliphatic heterocycles. The highest BCUT2D eigenvalue weighted by molar-refractivity contribution is 7.71. The third kappa shape index (κ3) is 1.54. The third-order valence-electron chi connectivity index (χ3n) is 1.82. The predicted molar refractivity (Wildman–Crippen MR) is 53.5 cm³/mol. The summed E-state index contributed by atoms with van der Waals surface area (Å²) in [6.45, 7) is 1.89. The van der Waals surface area contributed by atoms with E-state index in [0.717, 1.165) is 5.56 Å². The van der Waals surface area contributed by atoms with Gasteiger partial charge >= 0.3 is 0 Å². The zero-order valence-corrected chi connectivity index (χ0v) is 8.26. The minimum Gasteiger partial charge on any atom is -0.507 e. The summed E-state index contributed by atoms with van der Waals surface area (Å²) in [5.74, 6) is 0.433. The third-order valence-corrected chi connectivity index (χ3v) is 2.00. The lowest BCUT2D eigenvalue weighted by Crippen LogP contribution is -1.80. The van der Waals surface area contributed by atoms with E-state index in [1.807, 2.05) is 13.0 Å². The van der Waals surface area contributed by atoms with Crippen molar-refractivity contribution in [2.45, 2.75) is 6.92 Å². The molecular formula is C9H8N2O2S. The molecule has 4 nitrogen and oxygen atoms in total. The summed E-state index contributed by atoms with van der Waals surface area (Å²) in [6.07, 6.45) is 0. The van der Waals surface area contributed by atoms with Gasteiger partial charge in [-0.3, -0.25) is 0 Å². The van der Waals surface area contributed by atoms with Gasteiger partial charge in [0.1, 0.15) is 5.75 Å². The molecule has 0 spiro atoms. The molecular weight excluding hydrogens is 200 g/mol. The van der Waals surface area contributed by atoms with Gasteiger partial charge in [0.15, 0.2) is 0 Å². The van der Waals surface area contributed by atoms with Crippen LogP contribution in [0, 0.1) is 11.8 Å². The first-order chi connectivity index (χ1) is 6.66. The monoisotopic (exact) mass is 208 g/mol. The maximum absolute atomic E-state index is 9.61. The van der Waals surface area contributed by atoms with Gasteiger partial charge in [-0.05, 0) is 36.8 Å². The van der Waals surface area contributed by atoms with Gasteiger partial charge in [0.2, 0.25) is 5.89 Å². The number of aryl methyl sites for hydroxylation is 1. The number of aromatic amines is 1. The van der Waals surface area contributed by atoms with Crippen LogP contribution in [-0.4, -0.2) is 15.3 Å². The van der Waals surface area contributed by atoms with Crippen molar-refractivity contribution in [2.24, 2.45) is 0 Å². The number of phenols is 1. The molecule has 2 N–H and O–H groups in total. The summed E-state index contributed by atoms with van der Waals surface area (Å²) in [5, 5.41) is 15.9. The summed E-state index contributed by atoms with van der Waals surface area (Å²) in [5.41, 5.74) is 1.50. The second kappa shape index (κ2) is 3.26. The van der Waals surface area contributed by atoms with Gasteiger partial charge < -0.3 is 9.52 Å². The number of hydrogen-bond donors (Lipinski definition) is 2. The molecule has 1 aromatic heterocycles. The van der Waals surface area contributed by atoms with Crippen molar-refractivity contribution in [1.29, 1.82) is 0 Å². The van der Waals surface area contributed by atoms with Gasteiger partial charge in [0, 0.05) is 0 Å². The number of H-pyrrole nitrogens is 1. The predicted octanol–water partition coefficient (Wildman–Crippen LogP) is 2.41. The summed E-state index contributed by atoms with van der Waals surface area (Å²) < 4.78 is 5.08. The van der Waals surface area contributed by atoms with Crippen LogP contribution in [-0.2, 0) is 0 Å². The maximum atomic E-state index is 9.61. The first-order valence-corrected chi connectivity index (χ1v) is 4.43. The van der Waals surface area contributed by atoms with Gasteiger partial charge in [-0.25, -0.2) is 5.10 Å². The Bertz CT molecular complexity index is 516. The van der Waals surface area contributed by atoms with Crippen LogP contribution in [0.3, 0.4) is 0 Å². The fourth-order valence-corrected chi connectivity index (χ4v) is 1.29. The average molecular weight is 208 g/mol. The highest BCUT2D eigenvalue weighted by Crippen LogP contribution is 2.27. The lowest BCUT2D eigenvalue weighted by atomic mass is 10.1. The molecule has 2 aromatic rings. The SMILES string of the molecule is Cc1ccc(-c2n[nH]c(=S)o2)c(O)c1. The Kier molecular flexibility index (Phi) is 2.09. The fraction of sp³-hybridized carbons (Fsp3) is 0.111. The number of benzene rings is 1. The summed E-state index contributed by atoms with van der Waals surface area (Å²) >= 11 is 4.74. The lowest BCUT2D eigenvalue weighted by molar-refractivity contribution is 0.471. The highest BCUT2D eigenvalue weighted by atomic mass is 32.1. The van der Waals surface area contributed by atoms with Crippen LogP contribution in [0.2, 0.25) is 0 Å². The zero-order chi connectivity index (χ0) is 10.1. The molecule has 0 aliphatic rings. The molecule has 0 fully saturated rings. The quantitative estimate of drug-likeness (QED) is 0.706. The van der Waals surface area contributed by atoms with E-state index in [0.29, 0.717) is 11.5 Å². The molecule has 0 aliphatic carbocycles. The number of aromatic hydroxyl groups is 1. The van der Waals surface area contributed by atoms with Crippen LogP contribution < -0.4 is 0 Å². The molecule has 5 heteroatoms. The Hall–Kier alpha value is -1.62. The van der Waals surface area contributed by atoms with Crippen molar-refractivity contribution in [1.82, 2.24) is 10.2 Å². The van der Waals surface area contributed by atoms with Crippen LogP contribution in [0.25, 0.3) is 11.5 Å². The van der Waals surface area contributed by atoms with E-state index in [-0.39, 0.29) is 10.6 Å². The van der Waals surface area contributed by atoms with E-state index < -0.39 is 0 Å². The van der Waals surface area contributed by atoms with E-state index in [4.69, 9.17) is 16.6 Å². The minimum atomic E-state index is 0.134. The molecule has 0 amide bonds. The first-order valence-electron chi connectivity index (χ1n) is 4.02. The molecule has 0 saturated carbocycles. The van der Waals surface area contributed by atoms with Crippen LogP contribution >= 0.6 is 12.2 Å². The Labute approximate surface area is 85.2 Å². The molecule has 0 saturated heterocycles. The molecule has 14 heavy (non-hydrogen) atoms. The van der Waals surface area contributed by atoms with Gasteiger partial charge in [-0.15, -0.1) is 5.10 Å². The number of phenolic OH excluding ortho intramolecular Hbond substituents is 1. The molecule has 1 aromatic carbocycles. The number of nitrogens with one attached hydrogen (secondary N) is 1. The number of rotatable bonds is 1. The molecule has 72 valence electrons. The molecule has 0 atom stereocenters. The maximum Gasteiger partial charge on any atom is 0.284 e. The second-order valence-corrected chi connectivity index (χ2v) is 3.31. The Morgan fingerprint density at radius 3 is 2.86 bits per heavy atom. The van der Waals surface area contributed by atoms with Crippen molar-refractivity contribution < 1.29 is 9.52 Å². The fourth-order valence-electron chi connectivity index (χ4n) is 1.17. The van der Waals surface area contributed by atoms with Crippen molar-refractivity contribution in [3.8, 4) is 17.2 Å². The van der Waals surface area contributed by atoms with Crippen molar-refractivity contribution in [3.63, 3.8) is 0 Å². The summed E-state index contributed by atoms with van der Waals surface area (Å²) in [7, 11) is 0. The number of aromatic nitrogens is 2. The van der Waals surface area contributed by atoms with E-state index in [1.54, 1.807) is 12.1 Å². The van der Waals surface area contributed by atoms with Crippen molar-refractivity contribution >= 4 is 12.2 Å². The largest absolute Gasteiger partial charge is 0.507 e. The van der Waals surface area contributed by atoms with E-state index in [2.05, 4.69) is 10.2 Å². The van der Waals surface area contributed by atoms with Crippen LogP contribution in [0.1, 0.15) is 5.56 Å². The first kappa shape index (κ1) is 8.96. The molecule has 2 rings (SSSR count). The molecule has 0 unspecified atom stereocenters. The second-order valence-electron chi connectivity index (χ2n) is 2.94. The van der Waals surface area contributed by atoms with Gasteiger partial charge in [0.25, 0.3) is 4.84 Å². The molecule has 0 bridgehead atoms. The van der Waals surface area contributed by atoms with Gasteiger partial charge in [-0.1, -0.05) is 6.07 Å². The summed E-state index contributed by atoms with van der Waals surface area (Å²) in [6, 6.07) is 5.24. The Morgan fingerprint density at radius 2 is 2.29 bits per heavy atom. The summed E-state index contributed by atoms with van der Waals surface area (Å²) in [4.78, 5) is 0.194. The van der Waals surface area contributed by atoms with Gasteiger partial charge in [-0.2, -0.15) is 0 Å². The smallest absolute Gasteiger partial charge is 0.284 e. The van der Waals surface area contributed by atoms with E-state index in [9.17, 15) is 5.11 Å². The van der Waals surface area contributed by atoms with Crippen LogP contribution in [0.5, 0.6) is 5.75 Å². The van der Waals surface area contributed by atoms with E-state index >= 15 is 0 Å². The molecule has 0 radical (unpaired) electrons. The Morgan fingerprint density at radius 1 is 1.50 bits per heavy atom. The van der Waals surface area contributed by atoms with Gasteiger partial charge in [0.05, 0.1) is 5.56 Å². The topological polar surface area (TPSA) is 62.0 Å². The lowest BCUT2D eigenvalue weighted by Gasteiger charge is -1.99. The number of hydrogen-bond acceptors (Lipinski definition) is 4.